The van der Waals surface area contributed by atoms with Gasteiger partial charge >= 0.3 is 0 Å². The van der Waals surface area contributed by atoms with E-state index in [-0.39, 0.29) is 17.5 Å². The van der Waals surface area contributed by atoms with Crippen LogP contribution in [0, 0.1) is 17.5 Å². The summed E-state index contributed by atoms with van der Waals surface area (Å²) in [6.07, 6.45) is 0. The molecule has 0 saturated carbocycles. The number of benzene rings is 12. The summed E-state index contributed by atoms with van der Waals surface area (Å²) in [5.41, 5.74) is 33.7. The Bertz CT molecular complexity index is 5180. The molecule has 106 heavy (non-hydrogen) atoms. The van der Waals surface area contributed by atoms with Gasteiger partial charge in [0, 0.05) is 66.6 Å². The number of hydrogen-bond donors (Lipinski definition) is 0. The first-order valence-electron chi connectivity index (χ1n) is 38.2. The number of nitrogens with zero attached hydrogens (tertiary/aromatic N) is 4. The molecule has 3 aliphatic heterocycles. The lowest BCUT2D eigenvalue weighted by atomic mass is 9.57. The minimum Gasteiger partial charge on any atom is -0.309 e. The molecule has 0 radical (unpaired) electrons. The van der Waals surface area contributed by atoms with Crippen LogP contribution < -0.4 is 19.6 Å². The van der Waals surface area contributed by atoms with Gasteiger partial charge in [-0.15, -0.1) is 0 Å². The van der Waals surface area contributed by atoms with Gasteiger partial charge in [-0.25, -0.2) is 13.2 Å². The smallest absolute Gasteiger partial charge is 0.147 e. The molecule has 0 aromatic heterocycles. The maximum Gasteiger partial charge on any atom is 0.147 e. The normalized spacial score (nSPS) is 16.5. The van der Waals surface area contributed by atoms with Crippen LogP contribution in [-0.2, 0) is 32.5 Å². The molecule has 0 unspecified atom stereocenters. The first-order valence-corrected chi connectivity index (χ1v) is 38.2. The summed E-state index contributed by atoms with van der Waals surface area (Å²) in [7, 11) is 0. The molecule has 0 saturated heterocycles. The third-order valence-electron chi connectivity index (χ3n) is 25.8. The third-order valence-corrected chi connectivity index (χ3v) is 25.8. The van der Waals surface area contributed by atoms with Gasteiger partial charge < -0.3 is 19.6 Å². The second kappa shape index (κ2) is 22.8. The lowest BCUT2D eigenvalue weighted by Crippen LogP contribution is -2.45. The summed E-state index contributed by atoms with van der Waals surface area (Å²) < 4.78 is 49.9. The fourth-order valence-corrected chi connectivity index (χ4v) is 19.9. The summed E-state index contributed by atoms with van der Waals surface area (Å²) in [6.45, 7) is 42.7. The Hall–Kier alpha value is -10.4. The van der Waals surface area contributed by atoms with Crippen molar-refractivity contribution in [2.24, 2.45) is 0 Å². The predicted molar refractivity (Wildman–Crippen MR) is 436 cm³/mol. The fraction of sp³-hybridized carbons (Fsp3) is 0.273. The molecule has 18 rings (SSSR count). The standard InChI is InChI=1S/C99H93F3N4/c1-55(2)58-31-37-61(38-32-58)103(82-28-22-19-25-79(82)100)64-43-46-67-70(49-64)94(7,8)73-52-76-91-88(85(67)73)97(13,14)77-53-74-87(69-48-45-66(51-72(69)95(74,9)10)105(84-30-24-21-27-81(84)102)63-41-35-60(36-42-63)57(5)6)90-92(77)106(91)93-78(99(90,17)18)54-75-86(89(93)98(76,15)16)68-47-44-65(50-71(68)96(75,11)12)104(83-29-23-20-26-80(83)101)62-39-33-59(34-40-62)56(3)4/h19-57H,1-18H3. The van der Waals surface area contributed by atoms with Crippen LogP contribution in [0.5, 0.6) is 0 Å². The van der Waals surface area contributed by atoms with Crippen LogP contribution in [0.2, 0.25) is 0 Å². The Kier molecular flexibility index (Phi) is 14.5. The van der Waals surface area contributed by atoms with Crippen LogP contribution in [0.15, 0.2) is 218 Å². The number of rotatable bonds is 12. The zero-order valence-electron chi connectivity index (χ0n) is 64.4. The Morgan fingerprint density at radius 1 is 0.255 bits per heavy atom. The van der Waals surface area contributed by atoms with Crippen LogP contribution >= 0.6 is 0 Å². The molecule has 0 bridgehead atoms. The average molecular weight is 1400 g/mol. The zero-order chi connectivity index (χ0) is 74.3. The highest BCUT2D eigenvalue weighted by molar-refractivity contribution is 6.09. The van der Waals surface area contributed by atoms with Crippen molar-refractivity contribution in [3.63, 3.8) is 0 Å². The van der Waals surface area contributed by atoms with E-state index in [0.29, 0.717) is 34.8 Å². The van der Waals surface area contributed by atoms with Crippen molar-refractivity contribution in [3.05, 3.63) is 319 Å². The van der Waals surface area contributed by atoms with E-state index in [1.807, 2.05) is 36.4 Å². The van der Waals surface area contributed by atoms with Gasteiger partial charge in [-0.2, -0.15) is 0 Å². The van der Waals surface area contributed by atoms with Crippen molar-refractivity contribution in [2.75, 3.05) is 19.6 Å². The second-order valence-corrected chi connectivity index (χ2v) is 35.1. The average Bonchev–Trinajstić information content (AvgIpc) is 1.25. The summed E-state index contributed by atoms with van der Waals surface area (Å²) in [5, 5.41) is 0. The molecule has 4 nitrogen and oxygen atoms in total. The Labute approximate surface area is 624 Å². The molecule has 12 aromatic carbocycles. The second-order valence-electron chi connectivity index (χ2n) is 35.1. The molecule has 6 aliphatic rings. The molecule has 530 valence electrons. The fourth-order valence-electron chi connectivity index (χ4n) is 19.9. The number of anilines is 12. The van der Waals surface area contributed by atoms with Crippen LogP contribution in [0.1, 0.15) is 226 Å². The third kappa shape index (κ3) is 9.19. The van der Waals surface area contributed by atoms with Gasteiger partial charge in [0.2, 0.25) is 0 Å². The van der Waals surface area contributed by atoms with Gasteiger partial charge in [0.1, 0.15) is 17.5 Å². The van der Waals surface area contributed by atoms with Gasteiger partial charge in [0.25, 0.3) is 0 Å². The largest absolute Gasteiger partial charge is 0.309 e. The van der Waals surface area contributed by atoms with Crippen LogP contribution in [-0.4, -0.2) is 0 Å². The van der Waals surface area contributed by atoms with Gasteiger partial charge in [-0.3, -0.25) is 0 Å². The van der Waals surface area contributed by atoms with Crippen molar-refractivity contribution in [1.82, 2.24) is 0 Å². The van der Waals surface area contributed by atoms with E-state index >= 15 is 13.2 Å². The molecule has 0 N–H and O–H groups in total. The van der Waals surface area contributed by atoms with Crippen molar-refractivity contribution in [2.45, 2.75) is 175 Å². The van der Waals surface area contributed by atoms with E-state index in [9.17, 15) is 0 Å². The summed E-state index contributed by atoms with van der Waals surface area (Å²) in [6, 6.07) is 76.0. The summed E-state index contributed by atoms with van der Waals surface area (Å²) in [5.74, 6) is 0.161. The molecule has 12 aromatic rings. The first kappa shape index (κ1) is 67.5. The molecule has 3 aliphatic carbocycles. The number of para-hydroxylation sites is 3. The Balaban J connectivity index is 0.899. The molecule has 0 spiro atoms. The predicted octanol–water partition coefficient (Wildman–Crippen LogP) is 28.2. The highest BCUT2D eigenvalue weighted by atomic mass is 19.1. The van der Waals surface area contributed by atoms with E-state index in [2.05, 4.69) is 290 Å². The molecule has 0 amide bonds. The van der Waals surface area contributed by atoms with Crippen LogP contribution in [0.25, 0.3) is 33.4 Å². The number of hydrogen-bond acceptors (Lipinski definition) is 4. The highest BCUT2D eigenvalue weighted by Crippen LogP contribution is 2.74. The quantitative estimate of drug-likeness (QED) is 0.121. The monoisotopic (exact) mass is 1390 g/mol. The molecular formula is C99H93F3N4. The lowest BCUT2D eigenvalue weighted by Gasteiger charge is -2.57. The lowest BCUT2D eigenvalue weighted by molar-refractivity contribution is 0.558. The Morgan fingerprint density at radius 3 is 0.726 bits per heavy atom. The van der Waals surface area contributed by atoms with E-state index < -0.39 is 32.5 Å². The minimum absolute atomic E-state index is 0.286. The van der Waals surface area contributed by atoms with Crippen molar-refractivity contribution < 1.29 is 13.2 Å². The van der Waals surface area contributed by atoms with E-state index in [0.717, 1.165) is 34.1 Å². The number of fused-ring (bicyclic) bond motifs is 12. The van der Waals surface area contributed by atoms with Crippen molar-refractivity contribution in [1.29, 1.82) is 0 Å². The van der Waals surface area contributed by atoms with E-state index in [1.54, 1.807) is 36.4 Å². The van der Waals surface area contributed by atoms with Crippen molar-refractivity contribution >= 4 is 68.2 Å². The van der Waals surface area contributed by atoms with Gasteiger partial charge in [0.15, 0.2) is 0 Å². The molecule has 0 fully saturated rings. The van der Waals surface area contributed by atoms with Crippen molar-refractivity contribution in [3.8, 4) is 33.4 Å². The first-order chi connectivity index (χ1) is 50.4. The van der Waals surface area contributed by atoms with E-state index in [4.69, 9.17) is 0 Å². The SMILES string of the molecule is CC(C)c1ccc(N(c2ccc3c(c2)C(C)(C)c2cc4c5c(c2-3)C(C)(C)c2cc3c(c6c2N5c2c(cc5c(c2C4(C)C)-c2ccc(N(c4ccc(C(C)C)cc4)c4ccccc4F)cc2C5(C)C)C6(C)C)-c2ccc(N(c4ccc(C(C)C)cc4)c4ccccc4F)cc2C3(C)C)c2ccccc2F)cc1. The van der Waals surface area contributed by atoms with E-state index in [1.165, 1.54) is 134 Å². The summed E-state index contributed by atoms with van der Waals surface area (Å²) >= 11 is 0. The molecule has 7 heteroatoms. The summed E-state index contributed by atoms with van der Waals surface area (Å²) in [4.78, 5) is 9.08. The Morgan fingerprint density at radius 2 is 0.491 bits per heavy atom. The maximum absolute atomic E-state index is 16.6. The zero-order valence-corrected chi connectivity index (χ0v) is 64.4. The van der Waals surface area contributed by atoms with Gasteiger partial charge in [-0.1, -0.05) is 234 Å². The van der Waals surface area contributed by atoms with Gasteiger partial charge in [-0.05, 0) is 244 Å². The maximum atomic E-state index is 16.6. The molecular weight excluding hydrogens is 1300 g/mol. The van der Waals surface area contributed by atoms with Gasteiger partial charge in [0.05, 0.1) is 34.1 Å². The molecule has 0 atom stereocenters. The van der Waals surface area contributed by atoms with Crippen LogP contribution in [0.4, 0.5) is 81.4 Å². The van der Waals surface area contributed by atoms with Crippen LogP contribution in [0.3, 0.4) is 0 Å². The topological polar surface area (TPSA) is 13.0 Å². The number of halogens is 3. The molecule has 3 heterocycles. The minimum atomic E-state index is -0.583. The highest BCUT2D eigenvalue weighted by Gasteiger charge is 2.59.